The van der Waals surface area contributed by atoms with Gasteiger partial charge in [-0.05, 0) is 19.1 Å². The molecule has 1 heterocycles. The summed E-state index contributed by atoms with van der Waals surface area (Å²) in [6.45, 7) is 2.09. The fourth-order valence-electron chi connectivity index (χ4n) is 1.06. The van der Waals surface area contributed by atoms with Gasteiger partial charge in [0.25, 0.3) is 0 Å². The zero-order valence-corrected chi connectivity index (χ0v) is 9.02. The van der Waals surface area contributed by atoms with E-state index in [0.29, 0.717) is 4.83 Å². The summed E-state index contributed by atoms with van der Waals surface area (Å²) in [5.41, 5.74) is 1.10. The van der Waals surface area contributed by atoms with E-state index in [1.165, 1.54) is 4.70 Å². The lowest BCUT2D eigenvalue weighted by molar-refractivity contribution is 1.09. The summed E-state index contributed by atoms with van der Waals surface area (Å²) in [6.07, 6.45) is 0. The standard InChI is InChI=1S/C9H8BrNS/c1-6(10)9-11-7-4-2-3-5-8(7)12-9/h2-6H,1H3. The third kappa shape index (κ3) is 1.39. The quantitative estimate of drug-likeness (QED) is 0.694. The average Bonchev–Trinajstić information content (AvgIpc) is 2.46. The summed E-state index contributed by atoms with van der Waals surface area (Å²) in [7, 11) is 0. The second kappa shape index (κ2) is 3.15. The molecule has 0 aliphatic rings. The maximum atomic E-state index is 4.48. The highest BCUT2D eigenvalue weighted by molar-refractivity contribution is 9.09. The topological polar surface area (TPSA) is 12.9 Å². The maximum absolute atomic E-state index is 4.48. The molecule has 12 heavy (non-hydrogen) atoms. The smallest absolute Gasteiger partial charge is 0.107 e. The van der Waals surface area contributed by atoms with Crippen molar-refractivity contribution < 1.29 is 0 Å². The average molecular weight is 242 g/mol. The number of para-hydroxylation sites is 1. The van der Waals surface area contributed by atoms with Crippen molar-refractivity contribution in [2.45, 2.75) is 11.8 Å². The largest absolute Gasteiger partial charge is 0.240 e. The SMILES string of the molecule is CC(Br)c1nc2ccccc2s1. The molecule has 0 radical (unpaired) electrons. The number of benzene rings is 1. The van der Waals surface area contributed by atoms with Gasteiger partial charge in [0.15, 0.2) is 0 Å². The van der Waals surface area contributed by atoms with Crippen molar-refractivity contribution in [1.29, 1.82) is 0 Å². The van der Waals surface area contributed by atoms with Gasteiger partial charge in [-0.2, -0.15) is 0 Å². The number of nitrogens with zero attached hydrogens (tertiary/aromatic N) is 1. The van der Waals surface area contributed by atoms with Gasteiger partial charge in [-0.3, -0.25) is 0 Å². The molecule has 2 aromatic rings. The van der Waals surface area contributed by atoms with Crippen molar-refractivity contribution in [1.82, 2.24) is 4.98 Å². The van der Waals surface area contributed by atoms with Crippen molar-refractivity contribution in [2.75, 3.05) is 0 Å². The lowest BCUT2D eigenvalue weighted by Crippen LogP contribution is -1.78. The van der Waals surface area contributed by atoms with Gasteiger partial charge in [-0.25, -0.2) is 4.98 Å². The van der Waals surface area contributed by atoms with Crippen LogP contribution in [0.2, 0.25) is 0 Å². The lowest BCUT2D eigenvalue weighted by atomic mass is 10.3. The van der Waals surface area contributed by atoms with Gasteiger partial charge in [-0.15, -0.1) is 11.3 Å². The molecule has 1 aromatic carbocycles. The molecule has 3 heteroatoms. The Morgan fingerprint density at radius 2 is 2.17 bits per heavy atom. The maximum Gasteiger partial charge on any atom is 0.107 e. The van der Waals surface area contributed by atoms with Gasteiger partial charge >= 0.3 is 0 Å². The van der Waals surface area contributed by atoms with Crippen LogP contribution in [0.25, 0.3) is 10.2 Å². The first kappa shape index (κ1) is 8.20. The molecule has 0 spiro atoms. The van der Waals surface area contributed by atoms with Crippen molar-refractivity contribution in [2.24, 2.45) is 0 Å². The highest BCUT2D eigenvalue weighted by Gasteiger charge is 2.06. The van der Waals surface area contributed by atoms with E-state index >= 15 is 0 Å². The summed E-state index contributed by atoms with van der Waals surface area (Å²) < 4.78 is 1.26. The Morgan fingerprint density at radius 3 is 2.83 bits per heavy atom. The normalized spacial score (nSPS) is 13.5. The van der Waals surface area contributed by atoms with E-state index in [1.807, 2.05) is 18.2 Å². The van der Waals surface area contributed by atoms with Gasteiger partial charge in [0.2, 0.25) is 0 Å². The van der Waals surface area contributed by atoms with Crippen LogP contribution in [0.5, 0.6) is 0 Å². The fraction of sp³-hybridized carbons (Fsp3) is 0.222. The number of fused-ring (bicyclic) bond motifs is 1. The molecule has 1 unspecified atom stereocenters. The third-order valence-corrected chi connectivity index (χ3v) is 3.61. The third-order valence-electron chi connectivity index (χ3n) is 1.65. The van der Waals surface area contributed by atoms with E-state index in [4.69, 9.17) is 0 Å². The second-order valence-electron chi connectivity index (χ2n) is 2.64. The second-order valence-corrected chi connectivity index (χ2v) is 5.07. The first-order valence-corrected chi connectivity index (χ1v) is 5.50. The number of thiazole rings is 1. The molecule has 0 aliphatic carbocycles. The van der Waals surface area contributed by atoms with Crippen molar-refractivity contribution in [3.63, 3.8) is 0 Å². The van der Waals surface area contributed by atoms with Gasteiger partial charge in [0.1, 0.15) is 5.01 Å². The van der Waals surface area contributed by atoms with Crippen LogP contribution in [-0.2, 0) is 0 Å². The van der Waals surface area contributed by atoms with Crippen LogP contribution in [0.3, 0.4) is 0 Å². The predicted octanol–water partition coefficient (Wildman–Crippen LogP) is 3.75. The predicted molar refractivity (Wildman–Crippen MR) is 57.0 cm³/mol. The Bertz CT molecular complexity index is 361. The first-order chi connectivity index (χ1) is 5.77. The highest BCUT2D eigenvalue weighted by atomic mass is 79.9. The van der Waals surface area contributed by atoms with Gasteiger partial charge < -0.3 is 0 Å². The Labute approximate surface area is 83.6 Å². The molecule has 1 atom stereocenters. The molecule has 0 saturated heterocycles. The van der Waals surface area contributed by atoms with E-state index < -0.39 is 0 Å². The van der Waals surface area contributed by atoms with Crippen LogP contribution in [0.15, 0.2) is 24.3 Å². The van der Waals surface area contributed by atoms with Gasteiger partial charge in [0.05, 0.1) is 15.0 Å². The van der Waals surface area contributed by atoms with E-state index in [1.54, 1.807) is 11.3 Å². The molecule has 2 rings (SSSR count). The van der Waals surface area contributed by atoms with Crippen LogP contribution < -0.4 is 0 Å². The number of halogens is 1. The number of hydrogen-bond acceptors (Lipinski definition) is 2. The molecule has 0 saturated carbocycles. The van der Waals surface area contributed by atoms with Crippen LogP contribution in [0.1, 0.15) is 16.8 Å². The Morgan fingerprint density at radius 1 is 1.42 bits per heavy atom. The number of rotatable bonds is 1. The zero-order valence-electron chi connectivity index (χ0n) is 6.62. The molecule has 0 fully saturated rings. The minimum Gasteiger partial charge on any atom is -0.240 e. The fourth-order valence-corrected chi connectivity index (χ4v) is 2.34. The van der Waals surface area contributed by atoms with E-state index in [2.05, 4.69) is 33.9 Å². The van der Waals surface area contributed by atoms with E-state index in [-0.39, 0.29) is 0 Å². The molecule has 62 valence electrons. The minimum absolute atomic E-state index is 0.356. The molecular formula is C9H8BrNS. The summed E-state index contributed by atoms with van der Waals surface area (Å²) in [5.74, 6) is 0. The molecular weight excluding hydrogens is 234 g/mol. The number of hydrogen-bond donors (Lipinski definition) is 0. The number of aromatic nitrogens is 1. The highest BCUT2D eigenvalue weighted by Crippen LogP contribution is 2.30. The molecule has 0 bridgehead atoms. The van der Waals surface area contributed by atoms with Gasteiger partial charge in [0, 0.05) is 0 Å². The first-order valence-electron chi connectivity index (χ1n) is 3.77. The molecule has 0 aliphatic heterocycles. The van der Waals surface area contributed by atoms with Crippen LogP contribution in [-0.4, -0.2) is 4.98 Å². The van der Waals surface area contributed by atoms with Crippen LogP contribution >= 0.6 is 27.3 Å². The molecule has 1 aromatic heterocycles. The Kier molecular flexibility index (Phi) is 2.15. The van der Waals surface area contributed by atoms with Crippen molar-refractivity contribution >= 4 is 37.5 Å². The minimum atomic E-state index is 0.356. The summed E-state index contributed by atoms with van der Waals surface area (Å²) in [4.78, 5) is 4.84. The van der Waals surface area contributed by atoms with Gasteiger partial charge in [-0.1, -0.05) is 28.1 Å². The van der Waals surface area contributed by atoms with E-state index in [0.717, 1.165) is 10.5 Å². The van der Waals surface area contributed by atoms with Crippen molar-refractivity contribution in [3.05, 3.63) is 29.3 Å². The van der Waals surface area contributed by atoms with E-state index in [9.17, 15) is 0 Å². The molecule has 0 N–H and O–H groups in total. The van der Waals surface area contributed by atoms with Crippen LogP contribution in [0.4, 0.5) is 0 Å². The Hall–Kier alpha value is -0.410. The monoisotopic (exact) mass is 241 g/mol. The molecule has 1 nitrogen and oxygen atoms in total. The summed E-state index contributed by atoms with van der Waals surface area (Å²) in [5, 5.41) is 1.15. The lowest BCUT2D eigenvalue weighted by Gasteiger charge is -1.92. The number of alkyl halides is 1. The molecule has 0 amide bonds. The Balaban J connectivity index is 2.62. The summed E-state index contributed by atoms with van der Waals surface area (Å²) in [6, 6.07) is 8.21. The summed E-state index contributed by atoms with van der Waals surface area (Å²) >= 11 is 5.26. The van der Waals surface area contributed by atoms with Crippen LogP contribution in [0, 0.1) is 0 Å². The van der Waals surface area contributed by atoms with Crippen molar-refractivity contribution in [3.8, 4) is 0 Å². The zero-order chi connectivity index (χ0) is 8.55.